The van der Waals surface area contributed by atoms with Gasteiger partial charge >= 0.3 is 0 Å². The van der Waals surface area contributed by atoms with E-state index in [9.17, 15) is 4.79 Å². The van der Waals surface area contributed by atoms with E-state index in [1.54, 1.807) is 0 Å². The number of amides is 1. The third-order valence-corrected chi connectivity index (χ3v) is 3.13. The third-order valence-electron chi connectivity index (χ3n) is 3.13. The van der Waals surface area contributed by atoms with Gasteiger partial charge in [0, 0.05) is 31.5 Å². The molecule has 0 unspecified atom stereocenters. The molecule has 4 heteroatoms. The molecule has 100 valence electrons. The lowest BCUT2D eigenvalue weighted by Gasteiger charge is -2.25. The van der Waals surface area contributed by atoms with Crippen molar-refractivity contribution in [2.45, 2.75) is 20.8 Å². The molecular weight excluding hydrogens is 226 g/mol. The van der Waals surface area contributed by atoms with Gasteiger partial charge in [-0.05, 0) is 38.5 Å². The van der Waals surface area contributed by atoms with Gasteiger partial charge in [0.2, 0.25) is 5.91 Å². The molecule has 0 aliphatic carbocycles. The number of nitrogens with two attached hydrogens (primary N) is 1. The molecule has 0 aliphatic rings. The number of carbonyl (C=O) groups is 1. The molecule has 0 heterocycles. The topological polar surface area (TPSA) is 49.6 Å². The zero-order chi connectivity index (χ0) is 13.7. The fraction of sp³-hybridized carbons (Fsp3) is 0.500. The number of carbonyl (C=O) groups excluding carboxylic acids is 1. The van der Waals surface area contributed by atoms with Crippen LogP contribution in [0, 0.1) is 6.92 Å². The zero-order valence-corrected chi connectivity index (χ0v) is 11.7. The lowest BCUT2D eigenvalue weighted by molar-refractivity contribution is -0.129. The minimum absolute atomic E-state index is 0.143. The summed E-state index contributed by atoms with van der Waals surface area (Å²) in [6.45, 7) is 7.89. The summed E-state index contributed by atoms with van der Waals surface area (Å²) in [5.74, 6) is 0.143. The predicted molar refractivity (Wildman–Crippen MR) is 76.8 cm³/mol. The highest BCUT2D eigenvalue weighted by Gasteiger charge is 2.14. The van der Waals surface area contributed by atoms with Crippen molar-refractivity contribution in [1.29, 1.82) is 0 Å². The maximum Gasteiger partial charge on any atom is 0.242 e. The number of anilines is 2. The van der Waals surface area contributed by atoms with Crippen molar-refractivity contribution >= 4 is 17.3 Å². The van der Waals surface area contributed by atoms with Crippen LogP contribution in [0.15, 0.2) is 18.2 Å². The minimum Gasteiger partial charge on any atom is -0.399 e. The average Bonchev–Trinajstić information content (AvgIpc) is 2.33. The molecule has 0 saturated heterocycles. The molecule has 0 bridgehead atoms. The van der Waals surface area contributed by atoms with Crippen LogP contribution >= 0.6 is 0 Å². The van der Waals surface area contributed by atoms with Crippen LogP contribution in [0.3, 0.4) is 0 Å². The Morgan fingerprint density at radius 2 is 1.89 bits per heavy atom. The van der Waals surface area contributed by atoms with Crippen molar-refractivity contribution in [2.75, 3.05) is 37.3 Å². The number of hydrogen-bond donors (Lipinski definition) is 1. The molecule has 0 atom stereocenters. The summed E-state index contributed by atoms with van der Waals surface area (Å²) in [7, 11) is 1.92. The fourth-order valence-corrected chi connectivity index (χ4v) is 2.00. The average molecular weight is 249 g/mol. The molecule has 1 aromatic rings. The maximum atomic E-state index is 12.0. The van der Waals surface area contributed by atoms with E-state index < -0.39 is 0 Å². The second-order valence-corrected chi connectivity index (χ2v) is 4.47. The van der Waals surface area contributed by atoms with Crippen LogP contribution in [0.2, 0.25) is 0 Å². The summed E-state index contributed by atoms with van der Waals surface area (Å²) < 4.78 is 0. The summed E-state index contributed by atoms with van der Waals surface area (Å²) in [6.07, 6.45) is 0. The van der Waals surface area contributed by atoms with Gasteiger partial charge in [-0.3, -0.25) is 4.79 Å². The van der Waals surface area contributed by atoms with Gasteiger partial charge in [-0.1, -0.05) is 6.07 Å². The summed E-state index contributed by atoms with van der Waals surface area (Å²) in [6, 6.07) is 5.76. The predicted octanol–water partition coefficient (Wildman–Crippen LogP) is 1.88. The first-order chi connectivity index (χ1) is 8.49. The van der Waals surface area contributed by atoms with Crippen LogP contribution < -0.4 is 10.6 Å². The molecule has 1 aromatic carbocycles. The first-order valence-corrected chi connectivity index (χ1v) is 6.34. The van der Waals surface area contributed by atoms with Crippen LogP contribution in [-0.4, -0.2) is 37.5 Å². The van der Waals surface area contributed by atoms with Gasteiger partial charge in [0.15, 0.2) is 0 Å². The van der Waals surface area contributed by atoms with Crippen LogP contribution in [0.5, 0.6) is 0 Å². The third kappa shape index (κ3) is 3.39. The first kappa shape index (κ1) is 14.4. The Morgan fingerprint density at radius 1 is 1.28 bits per heavy atom. The van der Waals surface area contributed by atoms with E-state index in [1.165, 1.54) is 0 Å². The van der Waals surface area contributed by atoms with Crippen LogP contribution in [0.4, 0.5) is 11.4 Å². The zero-order valence-electron chi connectivity index (χ0n) is 11.7. The number of nitrogen functional groups attached to an aromatic ring is 1. The second-order valence-electron chi connectivity index (χ2n) is 4.47. The van der Waals surface area contributed by atoms with Crippen LogP contribution in [0.1, 0.15) is 19.4 Å². The Kier molecular flexibility index (Phi) is 5.01. The van der Waals surface area contributed by atoms with Crippen molar-refractivity contribution < 1.29 is 4.79 Å². The lowest BCUT2D eigenvalue weighted by Crippen LogP contribution is -2.39. The van der Waals surface area contributed by atoms with Gasteiger partial charge in [-0.2, -0.15) is 0 Å². The highest BCUT2D eigenvalue weighted by Crippen LogP contribution is 2.21. The minimum atomic E-state index is 0.143. The molecule has 0 radical (unpaired) electrons. The Labute approximate surface area is 109 Å². The molecule has 1 rings (SSSR count). The fourth-order valence-electron chi connectivity index (χ4n) is 2.00. The van der Waals surface area contributed by atoms with Crippen molar-refractivity contribution in [3.8, 4) is 0 Å². The first-order valence-electron chi connectivity index (χ1n) is 6.34. The molecular formula is C14H23N3O. The van der Waals surface area contributed by atoms with E-state index in [0.29, 0.717) is 6.54 Å². The lowest BCUT2D eigenvalue weighted by atomic mass is 10.1. The molecule has 0 fully saturated rings. The van der Waals surface area contributed by atoms with Crippen molar-refractivity contribution in [1.82, 2.24) is 4.90 Å². The second kappa shape index (κ2) is 6.28. The summed E-state index contributed by atoms with van der Waals surface area (Å²) >= 11 is 0. The Hall–Kier alpha value is -1.71. The number of likely N-dealkylation sites (N-methyl/N-ethyl adjacent to an activating group) is 2. The quantitative estimate of drug-likeness (QED) is 0.811. The smallest absolute Gasteiger partial charge is 0.242 e. The highest BCUT2D eigenvalue weighted by atomic mass is 16.2. The van der Waals surface area contributed by atoms with Crippen LogP contribution in [0.25, 0.3) is 0 Å². The maximum absolute atomic E-state index is 12.0. The van der Waals surface area contributed by atoms with Crippen LogP contribution in [-0.2, 0) is 4.79 Å². The SMILES string of the molecule is CCN(CC)C(=O)CN(C)c1cc(N)ccc1C. The highest BCUT2D eigenvalue weighted by molar-refractivity contribution is 5.82. The van der Waals surface area contributed by atoms with E-state index in [0.717, 1.165) is 30.0 Å². The van der Waals surface area contributed by atoms with Gasteiger partial charge in [-0.25, -0.2) is 0 Å². The summed E-state index contributed by atoms with van der Waals surface area (Å²) in [5.41, 5.74) is 8.64. The van der Waals surface area contributed by atoms with E-state index >= 15 is 0 Å². The summed E-state index contributed by atoms with van der Waals surface area (Å²) in [5, 5.41) is 0. The Morgan fingerprint density at radius 3 is 2.44 bits per heavy atom. The molecule has 0 aromatic heterocycles. The molecule has 1 amide bonds. The van der Waals surface area contributed by atoms with E-state index in [-0.39, 0.29) is 5.91 Å². The van der Waals surface area contributed by atoms with Gasteiger partial charge in [0.05, 0.1) is 6.54 Å². The number of aryl methyl sites for hydroxylation is 1. The number of hydrogen-bond acceptors (Lipinski definition) is 3. The molecule has 0 saturated carbocycles. The molecule has 0 spiro atoms. The largest absolute Gasteiger partial charge is 0.399 e. The Bertz CT molecular complexity index is 414. The molecule has 0 aliphatic heterocycles. The normalized spacial score (nSPS) is 10.2. The van der Waals surface area contributed by atoms with Gasteiger partial charge in [-0.15, -0.1) is 0 Å². The van der Waals surface area contributed by atoms with E-state index in [1.807, 2.05) is 55.8 Å². The number of nitrogens with zero attached hydrogens (tertiary/aromatic N) is 2. The number of benzene rings is 1. The van der Waals surface area contributed by atoms with Crippen molar-refractivity contribution in [2.24, 2.45) is 0 Å². The summed E-state index contributed by atoms with van der Waals surface area (Å²) in [4.78, 5) is 15.8. The van der Waals surface area contributed by atoms with E-state index in [4.69, 9.17) is 5.73 Å². The van der Waals surface area contributed by atoms with Gasteiger partial charge in [0.25, 0.3) is 0 Å². The standard InChI is InChI=1S/C14H23N3O/c1-5-17(6-2)14(18)10-16(4)13-9-12(15)8-7-11(13)3/h7-9H,5-6,10,15H2,1-4H3. The van der Waals surface area contributed by atoms with Gasteiger partial charge < -0.3 is 15.5 Å². The van der Waals surface area contributed by atoms with E-state index in [2.05, 4.69) is 0 Å². The molecule has 4 nitrogen and oxygen atoms in total. The molecule has 18 heavy (non-hydrogen) atoms. The number of rotatable bonds is 5. The van der Waals surface area contributed by atoms with Gasteiger partial charge in [0.1, 0.15) is 0 Å². The molecule has 2 N–H and O–H groups in total. The Balaban J connectivity index is 2.79. The van der Waals surface area contributed by atoms with Crippen molar-refractivity contribution in [3.05, 3.63) is 23.8 Å². The monoisotopic (exact) mass is 249 g/mol. The van der Waals surface area contributed by atoms with Crippen molar-refractivity contribution in [3.63, 3.8) is 0 Å².